The number of benzene rings is 1. The highest BCUT2D eigenvalue weighted by Gasteiger charge is 2.22. The fourth-order valence-corrected chi connectivity index (χ4v) is 3.32. The van der Waals surface area contributed by atoms with Gasteiger partial charge < -0.3 is 5.32 Å². The SMILES string of the molecule is N#Cc1cc(S(=O)(=O)NC2CCNCC2)ccc1F. The van der Waals surface area contributed by atoms with Crippen LogP contribution in [-0.2, 0) is 10.0 Å². The Morgan fingerprint density at radius 3 is 2.68 bits per heavy atom. The van der Waals surface area contributed by atoms with E-state index in [9.17, 15) is 12.8 Å². The number of nitrogens with one attached hydrogen (secondary N) is 2. The third-order valence-corrected chi connectivity index (χ3v) is 4.55. The summed E-state index contributed by atoms with van der Waals surface area (Å²) < 4.78 is 40.0. The molecule has 1 aromatic rings. The van der Waals surface area contributed by atoms with E-state index in [-0.39, 0.29) is 16.5 Å². The number of halogens is 1. The number of piperidine rings is 1. The Hall–Kier alpha value is -1.49. The van der Waals surface area contributed by atoms with Gasteiger partial charge in [0.25, 0.3) is 0 Å². The third-order valence-electron chi connectivity index (χ3n) is 3.03. The molecule has 1 saturated heterocycles. The zero-order valence-electron chi connectivity index (χ0n) is 10.2. The van der Waals surface area contributed by atoms with E-state index < -0.39 is 15.8 Å². The van der Waals surface area contributed by atoms with E-state index in [1.165, 1.54) is 6.07 Å². The molecular weight excluding hydrogens is 269 g/mol. The number of nitrogens with zero attached hydrogens (tertiary/aromatic N) is 1. The first-order chi connectivity index (χ1) is 9.03. The van der Waals surface area contributed by atoms with Crippen LogP contribution in [0.5, 0.6) is 0 Å². The molecule has 0 bridgehead atoms. The van der Waals surface area contributed by atoms with Crippen molar-refractivity contribution < 1.29 is 12.8 Å². The van der Waals surface area contributed by atoms with Crippen LogP contribution in [0.3, 0.4) is 0 Å². The maximum atomic E-state index is 13.2. The van der Waals surface area contributed by atoms with E-state index in [0.717, 1.165) is 25.2 Å². The van der Waals surface area contributed by atoms with Crippen LogP contribution < -0.4 is 10.0 Å². The van der Waals surface area contributed by atoms with Crippen LogP contribution in [0.25, 0.3) is 0 Å². The molecule has 7 heteroatoms. The monoisotopic (exact) mass is 283 g/mol. The molecule has 0 atom stereocenters. The molecule has 19 heavy (non-hydrogen) atoms. The zero-order chi connectivity index (χ0) is 13.9. The molecule has 0 aliphatic carbocycles. The summed E-state index contributed by atoms with van der Waals surface area (Å²) in [5, 5.41) is 11.9. The van der Waals surface area contributed by atoms with E-state index in [4.69, 9.17) is 5.26 Å². The average molecular weight is 283 g/mol. The van der Waals surface area contributed by atoms with E-state index in [1.807, 2.05) is 0 Å². The Morgan fingerprint density at radius 2 is 2.05 bits per heavy atom. The van der Waals surface area contributed by atoms with Crippen LogP contribution in [0.1, 0.15) is 18.4 Å². The minimum absolute atomic E-state index is 0.0796. The van der Waals surface area contributed by atoms with Crippen molar-refractivity contribution in [3.05, 3.63) is 29.6 Å². The van der Waals surface area contributed by atoms with E-state index >= 15 is 0 Å². The van der Waals surface area contributed by atoms with Crippen LogP contribution in [0.2, 0.25) is 0 Å². The minimum atomic E-state index is -3.70. The van der Waals surface area contributed by atoms with E-state index in [1.54, 1.807) is 6.07 Å². The molecule has 2 N–H and O–H groups in total. The van der Waals surface area contributed by atoms with Crippen molar-refractivity contribution in [3.63, 3.8) is 0 Å². The lowest BCUT2D eigenvalue weighted by Gasteiger charge is -2.23. The smallest absolute Gasteiger partial charge is 0.240 e. The van der Waals surface area contributed by atoms with Gasteiger partial charge in [0.15, 0.2) is 0 Å². The highest BCUT2D eigenvalue weighted by molar-refractivity contribution is 7.89. The summed E-state index contributed by atoms with van der Waals surface area (Å²) >= 11 is 0. The second-order valence-electron chi connectivity index (χ2n) is 4.40. The van der Waals surface area contributed by atoms with Crippen LogP contribution in [0, 0.1) is 17.1 Å². The van der Waals surface area contributed by atoms with Crippen molar-refractivity contribution in [2.75, 3.05) is 13.1 Å². The molecule has 5 nitrogen and oxygen atoms in total. The van der Waals surface area contributed by atoms with Gasteiger partial charge in [-0.1, -0.05) is 0 Å². The summed E-state index contributed by atoms with van der Waals surface area (Å²) in [6.45, 7) is 1.53. The van der Waals surface area contributed by atoms with Crippen molar-refractivity contribution in [1.29, 1.82) is 5.26 Å². The fraction of sp³-hybridized carbons (Fsp3) is 0.417. The Labute approximate surface area is 111 Å². The Bertz CT molecular complexity index is 604. The Morgan fingerprint density at radius 1 is 1.37 bits per heavy atom. The molecule has 0 unspecified atom stereocenters. The summed E-state index contributed by atoms with van der Waals surface area (Å²) in [6.07, 6.45) is 1.43. The molecule has 0 spiro atoms. The van der Waals surface area contributed by atoms with Gasteiger partial charge in [0.1, 0.15) is 11.9 Å². The summed E-state index contributed by atoms with van der Waals surface area (Å²) in [5.41, 5.74) is -0.270. The zero-order valence-corrected chi connectivity index (χ0v) is 11.0. The van der Waals surface area contributed by atoms with E-state index in [0.29, 0.717) is 12.8 Å². The largest absolute Gasteiger partial charge is 0.317 e. The molecule has 0 radical (unpaired) electrons. The number of hydrogen-bond donors (Lipinski definition) is 2. The molecule has 1 fully saturated rings. The standard InChI is InChI=1S/C12H14FN3O2S/c13-12-2-1-11(7-9(12)8-14)19(17,18)16-10-3-5-15-6-4-10/h1-2,7,10,15-16H,3-6H2. The lowest BCUT2D eigenvalue weighted by atomic mass is 10.1. The predicted octanol–water partition coefficient (Wildman–Crippen LogP) is 0.728. The lowest BCUT2D eigenvalue weighted by Crippen LogP contribution is -2.42. The van der Waals surface area contributed by atoms with Crippen LogP contribution in [0.4, 0.5) is 4.39 Å². The van der Waals surface area contributed by atoms with Gasteiger partial charge in [-0.15, -0.1) is 0 Å². The molecule has 2 rings (SSSR count). The van der Waals surface area contributed by atoms with Gasteiger partial charge in [0.2, 0.25) is 10.0 Å². The highest BCUT2D eigenvalue weighted by Crippen LogP contribution is 2.16. The van der Waals surface area contributed by atoms with Gasteiger partial charge in [0, 0.05) is 6.04 Å². The average Bonchev–Trinajstić information content (AvgIpc) is 2.39. The first-order valence-corrected chi connectivity index (χ1v) is 7.44. The summed E-state index contributed by atoms with van der Waals surface area (Å²) in [5.74, 6) is -0.719. The highest BCUT2D eigenvalue weighted by atomic mass is 32.2. The van der Waals surface area contributed by atoms with Gasteiger partial charge in [-0.3, -0.25) is 0 Å². The van der Waals surface area contributed by atoms with Crippen molar-refractivity contribution in [3.8, 4) is 6.07 Å². The summed E-state index contributed by atoms with van der Waals surface area (Å²) in [6, 6.07) is 4.73. The van der Waals surface area contributed by atoms with Gasteiger partial charge in [-0.05, 0) is 44.1 Å². The number of nitriles is 1. The Kier molecular flexibility index (Phi) is 4.14. The molecule has 1 aliphatic rings. The fourth-order valence-electron chi connectivity index (χ4n) is 1.98. The number of rotatable bonds is 3. The molecule has 0 aromatic heterocycles. The first-order valence-electron chi connectivity index (χ1n) is 5.95. The predicted molar refractivity (Wildman–Crippen MR) is 67.3 cm³/mol. The minimum Gasteiger partial charge on any atom is -0.317 e. The van der Waals surface area contributed by atoms with Gasteiger partial charge in [-0.25, -0.2) is 17.5 Å². The second kappa shape index (κ2) is 5.65. The summed E-state index contributed by atoms with van der Waals surface area (Å²) in [4.78, 5) is -0.0796. The van der Waals surface area contributed by atoms with Crippen LogP contribution in [0.15, 0.2) is 23.1 Å². The lowest BCUT2D eigenvalue weighted by molar-refractivity contribution is 0.427. The molecule has 1 aliphatic heterocycles. The van der Waals surface area contributed by atoms with Gasteiger partial charge >= 0.3 is 0 Å². The molecule has 0 amide bonds. The van der Waals surface area contributed by atoms with Gasteiger partial charge in [0.05, 0.1) is 10.5 Å². The van der Waals surface area contributed by atoms with Crippen molar-refractivity contribution in [1.82, 2.24) is 10.0 Å². The maximum absolute atomic E-state index is 13.2. The number of sulfonamides is 1. The van der Waals surface area contributed by atoms with Gasteiger partial charge in [-0.2, -0.15) is 5.26 Å². The quantitative estimate of drug-likeness (QED) is 0.856. The molecule has 102 valence electrons. The molecule has 0 saturated carbocycles. The Balaban J connectivity index is 2.21. The van der Waals surface area contributed by atoms with Crippen molar-refractivity contribution in [2.45, 2.75) is 23.8 Å². The summed E-state index contributed by atoms with van der Waals surface area (Å²) in [7, 11) is -3.70. The first kappa shape index (κ1) is 13.9. The van der Waals surface area contributed by atoms with Crippen molar-refractivity contribution >= 4 is 10.0 Å². The number of hydrogen-bond acceptors (Lipinski definition) is 4. The second-order valence-corrected chi connectivity index (χ2v) is 6.11. The topological polar surface area (TPSA) is 82.0 Å². The third kappa shape index (κ3) is 3.29. The normalized spacial score (nSPS) is 17.1. The van der Waals surface area contributed by atoms with Crippen molar-refractivity contribution in [2.24, 2.45) is 0 Å². The molecular formula is C12H14FN3O2S. The molecule has 1 heterocycles. The molecule has 1 aromatic carbocycles. The van der Waals surface area contributed by atoms with E-state index in [2.05, 4.69) is 10.0 Å². The maximum Gasteiger partial charge on any atom is 0.240 e. The van der Waals surface area contributed by atoms with Crippen LogP contribution >= 0.6 is 0 Å². The van der Waals surface area contributed by atoms with Crippen LogP contribution in [-0.4, -0.2) is 27.5 Å².